The molecule has 2 rings (SSSR count). The summed E-state index contributed by atoms with van der Waals surface area (Å²) < 4.78 is 84.5. The topological polar surface area (TPSA) is 26.3 Å². The molecule has 1 atom stereocenters. The first-order valence-electron chi connectivity index (χ1n) is 8.35. The molecule has 2 aromatic carbocycles. The average molecular weight is 430 g/mol. The largest absolute Gasteiger partial charge is 1.00 e. The third-order valence-corrected chi connectivity index (χ3v) is 4.88. The van der Waals surface area contributed by atoms with Gasteiger partial charge in [0.05, 0.1) is 17.7 Å². The second kappa shape index (κ2) is 10.5. The first-order valence-corrected chi connectivity index (χ1v) is 9.35. The van der Waals surface area contributed by atoms with Crippen LogP contribution in [0.5, 0.6) is 5.75 Å². The van der Waals surface area contributed by atoms with E-state index in [1.807, 2.05) is 6.92 Å². The van der Waals surface area contributed by atoms with Gasteiger partial charge in [-0.25, -0.2) is 0 Å². The maximum absolute atomic E-state index is 13.2. The first kappa shape index (κ1) is 25.6. The van der Waals surface area contributed by atoms with Crippen LogP contribution in [-0.2, 0) is 12.4 Å². The molecule has 0 aliphatic rings. The molecule has 0 aromatic heterocycles. The fraction of sp³-hybridized carbons (Fsp3) is 0.316. The van der Waals surface area contributed by atoms with E-state index in [0.29, 0.717) is 35.9 Å². The molecule has 0 amide bonds. The Bertz CT molecular complexity index is 793. The molecule has 0 saturated carbocycles. The van der Waals surface area contributed by atoms with Gasteiger partial charge in [0.1, 0.15) is 5.75 Å². The predicted molar refractivity (Wildman–Crippen MR) is 96.7 cm³/mol. The molecule has 0 aliphatic heterocycles. The smallest absolute Gasteiger partial charge is 1.00 e. The Labute approximate surface area is 179 Å². The van der Waals surface area contributed by atoms with E-state index in [2.05, 4.69) is 0 Å². The van der Waals surface area contributed by atoms with Crippen LogP contribution < -0.4 is 28.9 Å². The van der Waals surface area contributed by atoms with E-state index in [9.17, 15) is 31.1 Å². The van der Waals surface area contributed by atoms with Gasteiger partial charge in [-0.2, -0.15) is 26.3 Å². The molecule has 2 nitrogen and oxygen atoms in total. The van der Waals surface area contributed by atoms with E-state index in [4.69, 9.17) is 4.74 Å². The van der Waals surface area contributed by atoms with E-state index >= 15 is 0 Å². The van der Waals surface area contributed by atoms with Gasteiger partial charge < -0.3 is 6.16 Å². The van der Waals surface area contributed by atoms with Crippen LogP contribution in [-0.4, -0.2) is 12.1 Å². The number of hydrogen-bond acceptors (Lipinski definition) is 2. The van der Waals surface area contributed by atoms with Crippen LogP contribution in [0.25, 0.3) is 0 Å². The molecule has 0 heterocycles. The molecule has 29 heavy (non-hydrogen) atoms. The molecule has 0 N–H and O–H groups in total. The molecule has 2 aromatic rings. The van der Waals surface area contributed by atoms with E-state index in [-0.39, 0.29) is 20.3 Å². The van der Waals surface area contributed by atoms with Crippen molar-refractivity contribution < 1.29 is 56.2 Å². The van der Waals surface area contributed by atoms with Crippen LogP contribution in [0, 0.1) is 0 Å². The molecule has 0 saturated heterocycles. The van der Waals surface area contributed by atoms with Gasteiger partial charge in [-0.05, 0) is 44.6 Å². The van der Waals surface area contributed by atoms with Gasteiger partial charge in [-0.3, -0.25) is 4.79 Å². The summed E-state index contributed by atoms with van der Waals surface area (Å²) >= 11 is 0. The Hall–Kier alpha value is -1.48. The minimum absolute atomic E-state index is 0. The molecule has 0 spiro atoms. The summed E-state index contributed by atoms with van der Waals surface area (Å²) in [4.78, 5) is 12.4. The van der Waals surface area contributed by atoms with Crippen LogP contribution in [0.1, 0.15) is 42.7 Å². The summed E-state index contributed by atoms with van der Waals surface area (Å²) in [6.07, 6.45) is -8.37. The zero-order valence-corrected chi connectivity index (χ0v) is 16.7. The van der Waals surface area contributed by atoms with Gasteiger partial charge in [0, 0.05) is 5.56 Å². The average Bonchev–Trinajstić information content (AvgIpc) is 2.61. The first-order chi connectivity index (χ1) is 13.0. The third-order valence-electron chi connectivity index (χ3n) is 3.78. The van der Waals surface area contributed by atoms with E-state index in [0.717, 1.165) is 12.8 Å². The number of hydrogen-bond donors (Lipinski definition) is 0. The fourth-order valence-electron chi connectivity index (χ4n) is 2.43. The standard InChI is InChI=1S/C19H17F6O2P.Li.H/c1-2-3-11-27-12-7-9-13(10-8-12)28-17(26)16-14(18(20,21)22)5-4-6-15(16)19(23,24)25;;/h4-10,28H,2-3,11H2,1H3;;/q;+1;-1. The van der Waals surface area contributed by atoms with Crippen molar-refractivity contribution in [2.75, 3.05) is 6.61 Å². The summed E-state index contributed by atoms with van der Waals surface area (Å²) in [5.41, 5.74) is -5.73. The molecule has 10 heteroatoms. The van der Waals surface area contributed by atoms with E-state index in [1.54, 1.807) is 0 Å². The monoisotopic (exact) mass is 430 g/mol. The SMILES string of the molecule is CCCCOc1ccc(PC(=O)c2c(C(F)(F)F)cccc2C(F)(F)F)cc1.[H-].[Li+]. The van der Waals surface area contributed by atoms with Gasteiger partial charge in [0.2, 0.25) is 0 Å². The van der Waals surface area contributed by atoms with Crippen molar-refractivity contribution in [3.8, 4) is 5.75 Å². The number of unbranched alkanes of at least 4 members (excludes halogenated alkanes) is 1. The number of ether oxygens (including phenoxy) is 1. The van der Waals surface area contributed by atoms with Gasteiger partial charge in [-0.15, -0.1) is 0 Å². The fourth-order valence-corrected chi connectivity index (χ4v) is 3.42. The molecular formula is C19H18F6LiO2P. The number of carbonyl (C=O) groups excluding carboxylic acids is 1. The van der Waals surface area contributed by atoms with Gasteiger partial charge in [0.15, 0.2) is 5.52 Å². The predicted octanol–water partition coefficient (Wildman–Crippen LogP) is 3.16. The molecule has 1 unspecified atom stereocenters. The molecule has 154 valence electrons. The summed E-state index contributed by atoms with van der Waals surface area (Å²) in [6.45, 7) is 2.48. The minimum Gasteiger partial charge on any atom is -1.00 e. The Morgan fingerprint density at radius 3 is 1.93 bits per heavy atom. The molecule has 0 aliphatic carbocycles. The quantitative estimate of drug-likeness (QED) is 0.292. The Kier molecular flexibility index (Phi) is 9.27. The van der Waals surface area contributed by atoms with Crippen LogP contribution in [0.4, 0.5) is 26.3 Å². The van der Waals surface area contributed by atoms with Gasteiger partial charge in [0.25, 0.3) is 0 Å². The van der Waals surface area contributed by atoms with Crippen molar-refractivity contribution in [3.63, 3.8) is 0 Å². The Balaban J connectivity index is 0.00000420. The molecule has 0 bridgehead atoms. The van der Waals surface area contributed by atoms with E-state index in [1.165, 1.54) is 24.3 Å². The minimum atomic E-state index is -5.08. The number of rotatable bonds is 7. The van der Waals surface area contributed by atoms with Crippen molar-refractivity contribution in [1.82, 2.24) is 0 Å². The van der Waals surface area contributed by atoms with E-state index < -0.39 is 43.1 Å². The maximum atomic E-state index is 13.2. The molecular weight excluding hydrogens is 412 g/mol. The molecule has 0 fully saturated rings. The van der Waals surface area contributed by atoms with Crippen LogP contribution >= 0.6 is 8.58 Å². The number of halogens is 6. The van der Waals surface area contributed by atoms with Crippen molar-refractivity contribution >= 4 is 19.4 Å². The third kappa shape index (κ3) is 7.06. The summed E-state index contributed by atoms with van der Waals surface area (Å²) in [5, 5.41) is 0.318. The van der Waals surface area contributed by atoms with Crippen molar-refractivity contribution in [3.05, 3.63) is 59.2 Å². The second-order valence-electron chi connectivity index (χ2n) is 5.90. The number of alkyl halides is 6. The van der Waals surface area contributed by atoms with Crippen molar-refractivity contribution in [2.45, 2.75) is 32.1 Å². The van der Waals surface area contributed by atoms with Crippen LogP contribution in [0.3, 0.4) is 0 Å². The van der Waals surface area contributed by atoms with Crippen LogP contribution in [0.2, 0.25) is 0 Å². The van der Waals surface area contributed by atoms with Crippen molar-refractivity contribution in [2.24, 2.45) is 0 Å². The number of benzene rings is 2. The van der Waals surface area contributed by atoms with Crippen molar-refractivity contribution in [1.29, 1.82) is 0 Å². The Morgan fingerprint density at radius 1 is 0.966 bits per heavy atom. The number of carbonyl (C=O) groups is 1. The van der Waals surface area contributed by atoms with Gasteiger partial charge >= 0.3 is 31.2 Å². The normalized spacial score (nSPS) is 12.1. The summed E-state index contributed by atoms with van der Waals surface area (Å²) in [5.74, 6) is 0.515. The van der Waals surface area contributed by atoms with Gasteiger partial charge in [-0.1, -0.05) is 31.5 Å². The Morgan fingerprint density at radius 2 is 1.48 bits per heavy atom. The second-order valence-corrected chi connectivity index (χ2v) is 7.19. The maximum Gasteiger partial charge on any atom is 1.00 e. The zero-order chi connectivity index (χ0) is 20.9. The van der Waals surface area contributed by atoms with Crippen LogP contribution in [0.15, 0.2) is 42.5 Å². The zero-order valence-electron chi connectivity index (χ0n) is 16.7. The molecule has 0 radical (unpaired) electrons. The summed E-state index contributed by atoms with van der Waals surface area (Å²) in [6, 6.07) is 7.60. The summed E-state index contributed by atoms with van der Waals surface area (Å²) in [7, 11) is -0.889.